The topological polar surface area (TPSA) is 117 Å². The minimum atomic E-state index is -0.601. The molecule has 0 radical (unpaired) electrons. The maximum Gasteiger partial charge on any atom is 0.325 e. The van der Waals surface area contributed by atoms with E-state index in [1.807, 2.05) is 0 Å². The average Bonchev–Trinajstić information content (AvgIpc) is 2.96. The van der Waals surface area contributed by atoms with Crippen molar-refractivity contribution in [3.05, 3.63) is 33.9 Å². The molecule has 0 atom stereocenters. The van der Waals surface area contributed by atoms with Crippen molar-refractivity contribution in [3.8, 4) is 11.5 Å². The number of nitro groups is 1. The summed E-state index contributed by atoms with van der Waals surface area (Å²) < 4.78 is 14.6. The van der Waals surface area contributed by atoms with Crippen molar-refractivity contribution < 1.29 is 28.7 Å². The van der Waals surface area contributed by atoms with Crippen LogP contribution in [0.15, 0.2) is 18.2 Å². The average molecular weight is 308 g/mol. The molecule has 116 valence electrons. The molecular weight excluding hydrogens is 296 g/mol. The van der Waals surface area contributed by atoms with E-state index >= 15 is 0 Å². The van der Waals surface area contributed by atoms with Crippen LogP contribution < -0.4 is 14.8 Å². The summed E-state index contributed by atoms with van der Waals surface area (Å²) in [6.45, 7) is -0.303. The Bertz CT molecular complexity index is 654. The number of nitro benzene ring substituents is 1. The quantitative estimate of drug-likeness (QED) is 0.367. The summed E-state index contributed by atoms with van der Waals surface area (Å²) in [6, 6.07) is 2.64. The highest BCUT2D eigenvalue weighted by atomic mass is 16.7. The van der Waals surface area contributed by atoms with E-state index in [0.717, 1.165) is 6.08 Å². The summed E-state index contributed by atoms with van der Waals surface area (Å²) in [4.78, 5) is 32.8. The minimum Gasteiger partial charge on any atom is -0.468 e. The van der Waals surface area contributed by atoms with Gasteiger partial charge in [0.25, 0.3) is 5.69 Å². The van der Waals surface area contributed by atoms with E-state index in [-0.39, 0.29) is 30.3 Å². The molecule has 1 aliphatic heterocycles. The maximum atomic E-state index is 11.5. The van der Waals surface area contributed by atoms with E-state index in [1.165, 1.54) is 25.3 Å². The van der Waals surface area contributed by atoms with Gasteiger partial charge in [0.1, 0.15) is 6.54 Å². The number of rotatable bonds is 5. The van der Waals surface area contributed by atoms with Gasteiger partial charge in [-0.2, -0.15) is 0 Å². The molecule has 0 spiro atoms. The molecule has 1 amide bonds. The molecule has 9 heteroatoms. The summed E-state index contributed by atoms with van der Waals surface area (Å²) in [6.07, 6.45) is 2.33. The maximum absolute atomic E-state index is 11.5. The number of hydrogen-bond donors (Lipinski definition) is 1. The van der Waals surface area contributed by atoms with Gasteiger partial charge < -0.3 is 19.5 Å². The molecule has 2 rings (SSSR count). The smallest absolute Gasteiger partial charge is 0.325 e. The molecule has 1 aromatic carbocycles. The van der Waals surface area contributed by atoms with E-state index in [2.05, 4.69) is 10.1 Å². The van der Waals surface area contributed by atoms with Crippen LogP contribution in [0.25, 0.3) is 6.08 Å². The number of hydrogen-bond acceptors (Lipinski definition) is 7. The predicted molar refractivity (Wildman–Crippen MR) is 73.3 cm³/mol. The molecule has 0 saturated carbocycles. The second kappa shape index (κ2) is 6.57. The molecule has 0 aliphatic carbocycles. The summed E-state index contributed by atoms with van der Waals surface area (Å²) in [5.41, 5.74) is -0.0382. The standard InChI is InChI=1S/C13H12N2O7/c1-20-13(17)6-14-12(16)3-2-8-4-10-11(22-7-21-10)5-9(8)15(18)19/h2-5H,6-7H2,1H3,(H,14,16). The van der Waals surface area contributed by atoms with E-state index in [0.29, 0.717) is 5.75 Å². The first kappa shape index (κ1) is 15.3. The normalized spacial score (nSPS) is 12.2. The van der Waals surface area contributed by atoms with Crippen molar-refractivity contribution in [2.45, 2.75) is 0 Å². The molecule has 0 unspecified atom stereocenters. The van der Waals surface area contributed by atoms with Crippen LogP contribution in [0, 0.1) is 10.1 Å². The fraction of sp³-hybridized carbons (Fsp3) is 0.231. The lowest BCUT2D eigenvalue weighted by atomic mass is 10.1. The first-order chi connectivity index (χ1) is 10.5. The Morgan fingerprint density at radius 2 is 2.09 bits per heavy atom. The third-order valence-corrected chi connectivity index (χ3v) is 2.77. The highest BCUT2D eigenvalue weighted by Crippen LogP contribution is 2.38. The first-order valence-corrected chi connectivity index (χ1v) is 6.12. The van der Waals surface area contributed by atoms with Gasteiger partial charge in [-0.05, 0) is 12.1 Å². The highest BCUT2D eigenvalue weighted by molar-refractivity contribution is 5.94. The van der Waals surface area contributed by atoms with Gasteiger partial charge >= 0.3 is 5.97 Å². The van der Waals surface area contributed by atoms with E-state index in [9.17, 15) is 19.7 Å². The van der Waals surface area contributed by atoms with Gasteiger partial charge in [0.2, 0.25) is 12.7 Å². The number of nitrogens with zero attached hydrogens (tertiary/aromatic N) is 1. The van der Waals surface area contributed by atoms with Crippen LogP contribution in [0.5, 0.6) is 11.5 Å². The number of methoxy groups -OCH3 is 1. The number of carbonyl (C=O) groups is 2. The third-order valence-electron chi connectivity index (χ3n) is 2.77. The van der Waals surface area contributed by atoms with Crippen LogP contribution >= 0.6 is 0 Å². The Kier molecular flexibility index (Phi) is 4.57. The second-order valence-electron chi connectivity index (χ2n) is 4.15. The molecule has 9 nitrogen and oxygen atoms in total. The fourth-order valence-electron chi connectivity index (χ4n) is 1.69. The number of fused-ring (bicyclic) bond motifs is 1. The van der Waals surface area contributed by atoms with Crippen LogP contribution in [-0.2, 0) is 14.3 Å². The summed E-state index contributed by atoms with van der Waals surface area (Å²) >= 11 is 0. The number of amides is 1. The molecule has 0 fully saturated rings. The van der Waals surface area contributed by atoms with Crippen molar-refractivity contribution in [2.75, 3.05) is 20.4 Å². The zero-order chi connectivity index (χ0) is 16.1. The van der Waals surface area contributed by atoms with Gasteiger partial charge in [0.15, 0.2) is 11.5 Å². The van der Waals surface area contributed by atoms with Crippen LogP contribution in [0.3, 0.4) is 0 Å². The SMILES string of the molecule is COC(=O)CNC(=O)C=Cc1cc2c(cc1[N+](=O)[O-])OCO2. The Balaban J connectivity index is 2.14. The molecule has 0 aromatic heterocycles. The second-order valence-corrected chi connectivity index (χ2v) is 4.15. The number of esters is 1. The molecule has 22 heavy (non-hydrogen) atoms. The van der Waals surface area contributed by atoms with Crippen molar-refractivity contribution in [1.29, 1.82) is 0 Å². The number of benzene rings is 1. The Hall–Kier alpha value is -3.10. The van der Waals surface area contributed by atoms with Crippen LogP contribution in [0.1, 0.15) is 5.56 Å². The fourth-order valence-corrected chi connectivity index (χ4v) is 1.69. The minimum absolute atomic E-state index is 0.0146. The predicted octanol–water partition coefficient (Wildman–Crippen LogP) is 0.626. The lowest BCUT2D eigenvalue weighted by Crippen LogP contribution is -2.28. The van der Waals surface area contributed by atoms with E-state index < -0.39 is 16.8 Å². The Morgan fingerprint density at radius 1 is 1.41 bits per heavy atom. The zero-order valence-corrected chi connectivity index (χ0v) is 11.5. The highest BCUT2D eigenvalue weighted by Gasteiger charge is 2.22. The molecule has 0 saturated heterocycles. The number of ether oxygens (including phenoxy) is 3. The first-order valence-electron chi connectivity index (χ1n) is 6.12. The lowest BCUT2D eigenvalue weighted by molar-refractivity contribution is -0.385. The lowest BCUT2D eigenvalue weighted by Gasteiger charge is -2.02. The van der Waals surface area contributed by atoms with Crippen molar-refractivity contribution >= 4 is 23.6 Å². The molecule has 1 heterocycles. The third kappa shape index (κ3) is 3.51. The van der Waals surface area contributed by atoms with Gasteiger partial charge in [-0.1, -0.05) is 0 Å². The zero-order valence-electron chi connectivity index (χ0n) is 11.5. The van der Waals surface area contributed by atoms with Crippen molar-refractivity contribution in [1.82, 2.24) is 5.32 Å². The van der Waals surface area contributed by atoms with Crippen molar-refractivity contribution in [2.24, 2.45) is 0 Å². The molecular formula is C13H12N2O7. The van der Waals surface area contributed by atoms with Crippen molar-refractivity contribution in [3.63, 3.8) is 0 Å². The van der Waals surface area contributed by atoms with Gasteiger partial charge in [-0.15, -0.1) is 0 Å². The number of nitrogens with one attached hydrogen (secondary N) is 1. The number of carbonyl (C=O) groups excluding carboxylic acids is 2. The van der Waals surface area contributed by atoms with Gasteiger partial charge in [0, 0.05) is 6.08 Å². The van der Waals surface area contributed by atoms with Crippen LogP contribution in [0.4, 0.5) is 5.69 Å². The summed E-state index contributed by atoms with van der Waals surface area (Å²) in [5.74, 6) is -0.549. The Morgan fingerprint density at radius 3 is 2.73 bits per heavy atom. The molecule has 0 bridgehead atoms. The van der Waals surface area contributed by atoms with Crippen LogP contribution in [-0.4, -0.2) is 37.2 Å². The van der Waals surface area contributed by atoms with E-state index in [1.54, 1.807) is 0 Å². The summed E-state index contributed by atoms with van der Waals surface area (Å²) in [7, 11) is 1.19. The molecule has 1 aromatic rings. The van der Waals surface area contributed by atoms with Gasteiger partial charge in [-0.25, -0.2) is 0 Å². The Labute approximate surface area is 124 Å². The largest absolute Gasteiger partial charge is 0.468 e. The molecule has 1 aliphatic rings. The van der Waals surface area contributed by atoms with Gasteiger partial charge in [0.05, 0.1) is 23.7 Å². The molecule has 1 N–H and O–H groups in total. The summed E-state index contributed by atoms with van der Waals surface area (Å²) in [5, 5.41) is 13.3. The van der Waals surface area contributed by atoms with E-state index in [4.69, 9.17) is 9.47 Å². The monoisotopic (exact) mass is 308 g/mol. The van der Waals surface area contributed by atoms with Gasteiger partial charge in [-0.3, -0.25) is 19.7 Å². The van der Waals surface area contributed by atoms with Crippen LogP contribution in [0.2, 0.25) is 0 Å².